The van der Waals surface area contributed by atoms with Gasteiger partial charge in [-0.2, -0.15) is 5.10 Å². The third kappa shape index (κ3) is 3.92. The lowest BCUT2D eigenvalue weighted by Gasteiger charge is -2.17. The molecule has 1 amide bonds. The molecule has 1 N–H and O–H groups in total. The molecular weight excluding hydrogens is 417 g/mol. The van der Waals surface area contributed by atoms with E-state index >= 15 is 0 Å². The van der Waals surface area contributed by atoms with Crippen LogP contribution in [-0.4, -0.2) is 27.1 Å². The van der Waals surface area contributed by atoms with Gasteiger partial charge in [-0.15, -0.1) is 16.4 Å². The number of hydrogen-bond acceptors (Lipinski definition) is 6. The van der Waals surface area contributed by atoms with Gasteiger partial charge in [0.05, 0.1) is 16.6 Å². The van der Waals surface area contributed by atoms with Crippen molar-refractivity contribution in [1.82, 2.24) is 20.4 Å². The van der Waals surface area contributed by atoms with E-state index in [0.717, 1.165) is 35.7 Å². The van der Waals surface area contributed by atoms with Crippen LogP contribution in [0.2, 0.25) is 5.02 Å². The van der Waals surface area contributed by atoms with Crippen molar-refractivity contribution in [2.24, 2.45) is 11.0 Å². The molecule has 1 unspecified atom stereocenters. The second-order valence-electron chi connectivity index (χ2n) is 7.01. The number of benzene rings is 1. The van der Waals surface area contributed by atoms with Crippen LogP contribution in [0.1, 0.15) is 29.3 Å². The molecule has 0 bridgehead atoms. The molecule has 3 aromatic rings. The smallest absolute Gasteiger partial charge is 0.271 e. The van der Waals surface area contributed by atoms with Crippen LogP contribution in [0.4, 0.5) is 4.39 Å². The van der Waals surface area contributed by atoms with Gasteiger partial charge < -0.3 is 0 Å². The molecule has 1 aromatic carbocycles. The topological polar surface area (TPSA) is 89.2 Å². The lowest BCUT2D eigenvalue weighted by Crippen LogP contribution is -2.32. The van der Waals surface area contributed by atoms with Crippen LogP contribution >= 0.6 is 22.9 Å². The van der Waals surface area contributed by atoms with Gasteiger partial charge >= 0.3 is 0 Å². The molecule has 4 rings (SSSR count). The fourth-order valence-corrected chi connectivity index (χ4v) is 4.90. The monoisotopic (exact) mass is 433 g/mol. The van der Waals surface area contributed by atoms with Crippen molar-refractivity contribution in [2.45, 2.75) is 32.7 Å². The number of hydrogen-bond donors (Lipinski definition) is 1. The number of hydrazone groups is 1. The molecule has 1 atom stereocenters. The Hall–Kier alpha value is -2.65. The second kappa shape index (κ2) is 8.00. The van der Waals surface area contributed by atoms with Crippen molar-refractivity contribution in [2.75, 3.05) is 0 Å². The maximum atomic E-state index is 13.7. The van der Waals surface area contributed by atoms with Gasteiger partial charge in [-0.3, -0.25) is 9.59 Å². The first-order chi connectivity index (χ1) is 13.9. The zero-order valence-electron chi connectivity index (χ0n) is 15.5. The molecule has 1 aliphatic rings. The van der Waals surface area contributed by atoms with E-state index < -0.39 is 11.7 Å². The third-order valence-electron chi connectivity index (χ3n) is 4.86. The van der Waals surface area contributed by atoms with Crippen molar-refractivity contribution in [3.8, 4) is 0 Å². The predicted molar refractivity (Wildman–Crippen MR) is 110 cm³/mol. The Morgan fingerprint density at radius 1 is 1.52 bits per heavy atom. The Morgan fingerprint density at radius 3 is 3.14 bits per heavy atom. The van der Waals surface area contributed by atoms with Crippen LogP contribution in [0, 0.1) is 11.7 Å². The van der Waals surface area contributed by atoms with Gasteiger partial charge in [-0.1, -0.05) is 29.8 Å². The van der Waals surface area contributed by atoms with E-state index in [1.165, 1.54) is 34.4 Å². The highest BCUT2D eigenvalue weighted by Gasteiger charge is 2.24. The summed E-state index contributed by atoms with van der Waals surface area (Å²) in [6, 6.07) is 4.22. The normalized spacial score (nSPS) is 16.3. The van der Waals surface area contributed by atoms with Gasteiger partial charge in [0, 0.05) is 10.4 Å². The van der Waals surface area contributed by atoms with Gasteiger partial charge in [-0.05, 0) is 42.9 Å². The van der Waals surface area contributed by atoms with E-state index in [4.69, 9.17) is 11.6 Å². The standard InChI is InChI=1S/C19H17ClFN5O2S/c1-10-5-6-11-15(7-10)29-18-17(11)19(28)26(25-24-18)9-16(27)23-22-8-12-13(20)3-2-4-14(12)21/h2-4,8,10H,5-7,9H2,1H3,(H,23,27)/b22-8+. The van der Waals surface area contributed by atoms with Crippen LogP contribution < -0.4 is 11.0 Å². The van der Waals surface area contributed by atoms with Crippen LogP contribution in [0.15, 0.2) is 28.1 Å². The number of aryl methyl sites for hydroxylation is 1. The Morgan fingerprint density at radius 2 is 2.34 bits per heavy atom. The zero-order chi connectivity index (χ0) is 20.5. The molecule has 0 fully saturated rings. The summed E-state index contributed by atoms with van der Waals surface area (Å²) in [6.45, 7) is 1.85. The Balaban J connectivity index is 1.52. The number of nitrogens with one attached hydrogen (secondary N) is 1. The lowest BCUT2D eigenvalue weighted by molar-refractivity contribution is -0.121. The van der Waals surface area contributed by atoms with Gasteiger partial charge in [0.1, 0.15) is 12.4 Å². The average Bonchev–Trinajstić information content (AvgIpc) is 3.04. The molecule has 0 aliphatic heterocycles. The van der Waals surface area contributed by atoms with Crippen molar-refractivity contribution >= 4 is 45.3 Å². The Kier molecular flexibility index (Phi) is 5.42. The Bertz CT molecular complexity index is 1170. The third-order valence-corrected chi connectivity index (χ3v) is 6.33. The first-order valence-electron chi connectivity index (χ1n) is 9.08. The summed E-state index contributed by atoms with van der Waals surface area (Å²) in [5.41, 5.74) is 3.01. The van der Waals surface area contributed by atoms with Crippen molar-refractivity contribution in [3.63, 3.8) is 0 Å². The molecule has 10 heteroatoms. The number of fused-ring (bicyclic) bond motifs is 3. The van der Waals surface area contributed by atoms with Crippen LogP contribution in [0.25, 0.3) is 10.2 Å². The molecule has 0 spiro atoms. The van der Waals surface area contributed by atoms with Crippen LogP contribution in [0.3, 0.4) is 0 Å². The number of carbonyl (C=O) groups excluding carboxylic acids is 1. The summed E-state index contributed by atoms with van der Waals surface area (Å²) in [7, 11) is 0. The largest absolute Gasteiger partial charge is 0.279 e. The summed E-state index contributed by atoms with van der Waals surface area (Å²) in [4.78, 5) is 26.8. The van der Waals surface area contributed by atoms with E-state index in [1.807, 2.05) is 0 Å². The summed E-state index contributed by atoms with van der Waals surface area (Å²) in [5, 5.41) is 12.4. The summed E-state index contributed by atoms with van der Waals surface area (Å²) in [5.74, 6) is -0.556. The zero-order valence-corrected chi connectivity index (χ0v) is 17.1. The maximum absolute atomic E-state index is 13.7. The molecule has 7 nitrogen and oxygen atoms in total. The van der Waals surface area contributed by atoms with Gasteiger partial charge in [0.2, 0.25) is 0 Å². The number of aromatic nitrogens is 3. The van der Waals surface area contributed by atoms with E-state index in [2.05, 4.69) is 27.8 Å². The minimum absolute atomic E-state index is 0.0620. The number of amides is 1. The Labute approximate surface area is 174 Å². The summed E-state index contributed by atoms with van der Waals surface area (Å²) < 4.78 is 14.7. The number of halogens is 2. The summed E-state index contributed by atoms with van der Waals surface area (Å²) >= 11 is 7.40. The summed E-state index contributed by atoms with van der Waals surface area (Å²) in [6.07, 6.45) is 3.90. The van der Waals surface area contributed by atoms with E-state index in [9.17, 15) is 14.0 Å². The second-order valence-corrected chi connectivity index (χ2v) is 8.50. The highest BCUT2D eigenvalue weighted by Crippen LogP contribution is 2.35. The highest BCUT2D eigenvalue weighted by atomic mass is 35.5. The minimum Gasteiger partial charge on any atom is -0.271 e. The van der Waals surface area contributed by atoms with E-state index in [-0.39, 0.29) is 22.7 Å². The fourth-order valence-electron chi connectivity index (χ4n) is 3.37. The fraction of sp³-hybridized carbons (Fsp3) is 0.316. The minimum atomic E-state index is -0.581. The average molecular weight is 434 g/mol. The molecular formula is C19H17ClFN5O2S. The van der Waals surface area contributed by atoms with Crippen molar-refractivity contribution in [3.05, 3.63) is 55.4 Å². The van der Waals surface area contributed by atoms with Crippen molar-refractivity contribution < 1.29 is 9.18 Å². The predicted octanol–water partition coefficient (Wildman–Crippen LogP) is 2.92. The first kappa shape index (κ1) is 19.7. The number of thiophene rings is 1. The molecule has 29 heavy (non-hydrogen) atoms. The molecule has 2 heterocycles. The molecule has 0 saturated heterocycles. The van der Waals surface area contributed by atoms with Crippen LogP contribution in [-0.2, 0) is 24.2 Å². The lowest BCUT2D eigenvalue weighted by atomic mass is 9.89. The number of carbonyl (C=O) groups is 1. The SMILES string of the molecule is CC1CCc2c(sc3nnn(CC(=O)N/N=C/c4c(F)cccc4Cl)c(=O)c23)C1. The quantitative estimate of drug-likeness (QED) is 0.506. The highest BCUT2D eigenvalue weighted by molar-refractivity contribution is 7.18. The molecule has 1 aliphatic carbocycles. The van der Waals surface area contributed by atoms with E-state index in [0.29, 0.717) is 16.1 Å². The molecule has 150 valence electrons. The number of nitrogens with zero attached hydrogens (tertiary/aromatic N) is 4. The first-order valence-corrected chi connectivity index (χ1v) is 10.3. The van der Waals surface area contributed by atoms with Gasteiger partial charge in [0.15, 0.2) is 4.83 Å². The maximum Gasteiger partial charge on any atom is 0.279 e. The molecule has 0 radical (unpaired) electrons. The number of rotatable bonds is 4. The molecule has 2 aromatic heterocycles. The molecule has 0 saturated carbocycles. The van der Waals surface area contributed by atoms with Gasteiger partial charge in [-0.25, -0.2) is 14.5 Å². The van der Waals surface area contributed by atoms with Crippen LogP contribution in [0.5, 0.6) is 0 Å². The van der Waals surface area contributed by atoms with Crippen molar-refractivity contribution in [1.29, 1.82) is 0 Å². The van der Waals surface area contributed by atoms with E-state index in [1.54, 1.807) is 0 Å². The van der Waals surface area contributed by atoms with Gasteiger partial charge in [0.25, 0.3) is 11.5 Å².